The Kier molecular flexibility index (Phi) is 5.84. The zero-order valence-corrected chi connectivity index (χ0v) is 14.4. The lowest BCUT2D eigenvalue weighted by atomic mass is 10.0. The van der Waals surface area contributed by atoms with Crippen LogP contribution in [0.25, 0.3) is 11.1 Å². The molecule has 2 nitrogen and oxygen atoms in total. The number of hydrogen-bond acceptors (Lipinski definition) is 1. The van der Waals surface area contributed by atoms with Crippen LogP contribution in [0.3, 0.4) is 0 Å². The molecule has 3 heteroatoms. The van der Waals surface area contributed by atoms with Gasteiger partial charge in [0.05, 0.1) is 0 Å². The van der Waals surface area contributed by atoms with Gasteiger partial charge in [0, 0.05) is 34.6 Å². The molecular weight excluding hydrogens is 294 g/mol. The number of halogens is 1. The molecule has 0 atom stereocenters. The first-order chi connectivity index (χ1) is 10.5. The average molecular weight is 318 g/mol. The second-order valence-electron chi connectivity index (χ2n) is 5.82. The van der Waals surface area contributed by atoms with E-state index >= 15 is 0 Å². The van der Waals surface area contributed by atoms with Gasteiger partial charge < -0.3 is 4.57 Å². The Balaban J connectivity index is 2.32. The third-order valence-electron chi connectivity index (χ3n) is 4.11. The predicted octanol–water partition coefficient (Wildman–Crippen LogP) is 5.90. The molecule has 1 aromatic carbocycles. The number of nitrogens with zero attached hydrogens (tertiary/aromatic N) is 1. The number of Topliss-reactive ketones (excluding diaryl/α,β-unsaturated/α-hetero) is 1. The van der Waals surface area contributed by atoms with Gasteiger partial charge in [0.2, 0.25) is 0 Å². The number of hydrogen-bond donors (Lipinski definition) is 0. The van der Waals surface area contributed by atoms with Crippen molar-refractivity contribution in [3.63, 3.8) is 0 Å². The van der Waals surface area contributed by atoms with Crippen LogP contribution in [0.4, 0.5) is 0 Å². The van der Waals surface area contributed by atoms with E-state index in [9.17, 15) is 4.79 Å². The van der Waals surface area contributed by atoms with Crippen LogP contribution in [0, 0.1) is 6.92 Å². The Morgan fingerprint density at radius 3 is 2.41 bits per heavy atom. The fourth-order valence-electron chi connectivity index (χ4n) is 2.89. The molecule has 0 saturated heterocycles. The molecule has 0 fully saturated rings. The van der Waals surface area contributed by atoms with Crippen molar-refractivity contribution in [3.8, 4) is 11.1 Å². The first-order valence-electron chi connectivity index (χ1n) is 8.01. The molecule has 0 aliphatic carbocycles. The van der Waals surface area contributed by atoms with Gasteiger partial charge >= 0.3 is 0 Å². The monoisotopic (exact) mass is 317 g/mol. The highest BCUT2D eigenvalue weighted by Gasteiger charge is 2.17. The molecule has 0 spiro atoms. The number of aromatic nitrogens is 1. The number of carbonyl (C=O) groups is 1. The second-order valence-corrected chi connectivity index (χ2v) is 6.26. The summed E-state index contributed by atoms with van der Waals surface area (Å²) in [6.45, 7) is 6.87. The van der Waals surface area contributed by atoms with E-state index in [1.165, 1.54) is 19.3 Å². The van der Waals surface area contributed by atoms with Crippen molar-refractivity contribution in [2.24, 2.45) is 0 Å². The van der Waals surface area contributed by atoms with E-state index in [0.717, 1.165) is 35.3 Å². The smallest absolute Gasteiger partial charge is 0.162 e. The summed E-state index contributed by atoms with van der Waals surface area (Å²) in [6.07, 6.45) is 7.01. The molecule has 0 saturated carbocycles. The number of rotatable bonds is 7. The third-order valence-corrected chi connectivity index (χ3v) is 4.36. The van der Waals surface area contributed by atoms with Gasteiger partial charge in [0.1, 0.15) is 0 Å². The van der Waals surface area contributed by atoms with Gasteiger partial charge in [-0.05, 0) is 38.0 Å². The zero-order valence-electron chi connectivity index (χ0n) is 13.7. The Morgan fingerprint density at radius 2 is 1.82 bits per heavy atom. The van der Waals surface area contributed by atoms with E-state index in [4.69, 9.17) is 11.6 Å². The van der Waals surface area contributed by atoms with E-state index in [1.807, 2.05) is 31.2 Å². The van der Waals surface area contributed by atoms with Crippen molar-refractivity contribution in [1.82, 2.24) is 4.57 Å². The molecule has 0 unspecified atom stereocenters. The molecule has 2 aromatic rings. The summed E-state index contributed by atoms with van der Waals surface area (Å²) < 4.78 is 2.22. The van der Waals surface area contributed by atoms with Crippen molar-refractivity contribution in [1.29, 1.82) is 0 Å². The molecule has 0 amide bonds. The van der Waals surface area contributed by atoms with E-state index in [0.29, 0.717) is 5.02 Å². The lowest BCUT2D eigenvalue weighted by molar-refractivity contribution is 0.101. The van der Waals surface area contributed by atoms with Crippen LogP contribution < -0.4 is 0 Å². The molecule has 22 heavy (non-hydrogen) atoms. The minimum absolute atomic E-state index is 0.120. The van der Waals surface area contributed by atoms with E-state index in [-0.39, 0.29) is 5.78 Å². The molecule has 0 bridgehead atoms. The maximum absolute atomic E-state index is 12.1. The van der Waals surface area contributed by atoms with Crippen LogP contribution in [0.5, 0.6) is 0 Å². The largest absolute Gasteiger partial charge is 0.350 e. The van der Waals surface area contributed by atoms with Crippen LogP contribution in [-0.4, -0.2) is 10.4 Å². The predicted molar refractivity (Wildman–Crippen MR) is 93.8 cm³/mol. The van der Waals surface area contributed by atoms with Crippen molar-refractivity contribution in [3.05, 3.63) is 46.7 Å². The van der Waals surface area contributed by atoms with E-state index < -0.39 is 0 Å². The first-order valence-corrected chi connectivity index (χ1v) is 8.39. The summed E-state index contributed by atoms with van der Waals surface area (Å²) in [6, 6.07) is 7.69. The molecule has 1 aromatic heterocycles. The Bertz CT molecular complexity index is 640. The molecular formula is C19H24ClNO. The van der Waals surface area contributed by atoms with Gasteiger partial charge in [-0.3, -0.25) is 4.79 Å². The topological polar surface area (TPSA) is 22.0 Å². The van der Waals surface area contributed by atoms with Crippen LogP contribution in [0.2, 0.25) is 5.02 Å². The molecule has 1 heterocycles. The Morgan fingerprint density at radius 1 is 1.14 bits per heavy atom. The fourth-order valence-corrected chi connectivity index (χ4v) is 3.02. The average Bonchev–Trinajstić information content (AvgIpc) is 2.81. The van der Waals surface area contributed by atoms with Crippen molar-refractivity contribution in [2.45, 2.75) is 53.0 Å². The summed E-state index contributed by atoms with van der Waals surface area (Å²) in [7, 11) is 0. The summed E-state index contributed by atoms with van der Waals surface area (Å²) in [5.74, 6) is 0.120. The molecule has 118 valence electrons. The van der Waals surface area contributed by atoms with Crippen LogP contribution in [-0.2, 0) is 6.54 Å². The number of unbranched alkanes of at least 4 members (excludes halogenated alkanes) is 3. The molecule has 0 radical (unpaired) electrons. The number of ketones is 1. The quantitative estimate of drug-likeness (QED) is 0.460. The summed E-state index contributed by atoms with van der Waals surface area (Å²) >= 11 is 5.96. The summed E-state index contributed by atoms with van der Waals surface area (Å²) in [4.78, 5) is 12.1. The SMILES string of the molecule is CCCCCCn1cc(-c2ccc(Cl)cc2)c(C(C)=O)c1C. The summed E-state index contributed by atoms with van der Waals surface area (Å²) in [5.41, 5.74) is 3.95. The minimum atomic E-state index is 0.120. The Hall–Kier alpha value is -1.54. The molecule has 0 aliphatic heterocycles. The minimum Gasteiger partial charge on any atom is -0.350 e. The van der Waals surface area contributed by atoms with Crippen LogP contribution in [0.15, 0.2) is 30.5 Å². The first kappa shape index (κ1) is 16.8. The van der Waals surface area contributed by atoms with Gasteiger partial charge in [-0.15, -0.1) is 0 Å². The van der Waals surface area contributed by atoms with Crippen LogP contribution >= 0.6 is 11.6 Å². The maximum Gasteiger partial charge on any atom is 0.162 e. The zero-order chi connectivity index (χ0) is 16.1. The Labute approximate surface area is 138 Å². The van der Waals surface area contributed by atoms with Crippen molar-refractivity contribution in [2.75, 3.05) is 0 Å². The van der Waals surface area contributed by atoms with Gasteiger partial charge in [-0.1, -0.05) is 49.9 Å². The van der Waals surface area contributed by atoms with E-state index in [2.05, 4.69) is 17.7 Å². The normalized spacial score (nSPS) is 10.9. The number of aryl methyl sites for hydroxylation is 1. The second kappa shape index (κ2) is 7.64. The third kappa shape index (κ3) is 3.80. The summed E-state index contributed by atoms with van der Waals surface area (Å²) in [5, 5.41) is 0.712. The molecule has 0 aliphatic rings. The lowest BCUT2D eigenvalue weighted by Crippen LogP contribution is -2.02. The van der Waals surface area contributed by atoms with Gasteiger partial charge in [-0.2, -0.15) is 0 Å². The number of benzene rings is 1. The lowest BCUT2D eigenvalue weighted by Gasteiger charge is -2.06. The van der Waals surface area contributed by atoms with Crippen LogP contribution in [0.1, 0.15) is 55.6 Å². The van der Waals surface area contributed by atoms with Crippen molar-refractivity contribution < 1.29 is 4.79 Å². The van der Waals surface area contributed by atoms with Gasteiger partial charge in [-0.25, -0.2) is 0 Å². The highest BCUT2D eigenvalue weighted by molar-refractivity contribution is 6.30. The standard InChI is InChI=1S/C19H24ClNO/c1-4-5-6-7-12-21-13-18(19(14(21)2)15(3)22)16-8-10-17(20)11-9-16/h8-11,13H,4-7,12H2,1-3H3. The molecule has 0 N–H and O–H groups in total. The van der Waals surface area contributed by atoms with Crippen molar-refractivity contribution >= 4 is 17.4 Å². The van der Waals surface area contributed by atoms with Gasteiger partial charge in [0.25, 0.3) is 0 Å². The maximum atomic E-state index is 12.1. The highest BCUT2D eigenvalue weighted by atomic mass is 35.5. The van der Waals surface area contributed by atoms with E-state index in [1.54, 1.807) is 6.92 Å². The number of carbonyl (C=O) groups excluding carboxylic acids is 1. The molecule has 2 rings (SSSR count). The van der Waals surface area contributed by atoms with Gasteiger partial charge in [0.15, 0.2) is 5.78 Å². The fraction of sp³-hybridized carbons (Fsp3) is 0.421. The highest BCUT2D eigenvalue weighted by Crippen LogP contribution is 2.30.